The van der Waals surface area contributed by atoms with Gasteiger partial charge < -0.3 is 10.6 Å². The van der Waals surface area contributed by atoms with E-state index in [0.29, 0.717) is 5.82 Å². The number of likely N-dealkylation sites (tertiary alicyclic amines) is 1. The summed E-state index contributed by atoms with van der Waals surface area (Å²) in [5.74, 6) is 0.572. The quantitative estimate of drug-likeness (QED) is 0.939. The highest BCUT2D eigenvalue weighted by molar-refractivity contribution is 5.77. The Hall–Kier alpha value is -2.37. The van der Waals surface area contributed by atoms with Gasteiger partial charge in [0.15, 0.2) is 0 Å². The van der Waals surface area contributed by atoms with E-state index >= 15 is 0 Å². The normalized spacial score (nSPS) is 18.4. The van der Waals surface area contributed by atoms with Gasteiger partial charge in [-0.1, -0.05) is 6.07 Å². The van der Waals surface area contributed by atoms with E-state index in [9.17, 15) is 4.79 Å². The van der Waals surface area contributed by atoms with E-state index in [2.05, 4.69) is 10.1 Å². The third-order valence-corrected chi connectivity index (χ3v) is 4.07. The van der Waals surface area contributed by atoms with Crippen LogP contribution < -0.4 is 5.73 Å². The average Bonchev–Trinajstić information content (AvgIpc) is 2.85. The lowest BCUT2D eigenvalue weighted by molar-refractivity contribution is -0.136. The van der Waals surface area contributed by atoms with Crippen molar-refractivity contribution in [1.29, 1.82) is 0 Å². The van der Waals surface area contributed by atoms with Crippen LogP contribution in [0.2, 0.25) is 0 Å². The van der Waals surface area contributed by atoms with E-state index in [1.807, 2.05) is 30.0 Å². The first-order valence-electron chi connectivity index (χ1n) is 7.65. The van der Waals surface area contributed by atoms with Crippen LogP contribution in [0.25, 0.3) is 0 Å². The lowest BCUT2D eigenvalue weighted by Crippen LogP contribution is -2.40. The third kappa shape index (κ3) is 2.95. The van der Waals surface area contributed by atoms with Crippen molar-refractivity contribution in [2.45, 2.75) is 38.8 Å². The van der Waals surface area contributed by atoms with Gasteiger partial charge in [0.05, 0.1) is 17.4 Å². The molecular formula is C16H21N5O. The second-order valence-electron chi connectivity index (χ2n) is 5.72. The molecule has 2 aromatic rings. The predicted molar refractivity (Wildman–Crippen MR) is 83.9 cm³/mol. The number of nitrogens with two attached hydrogens (primary N) is 1. The van der Waals surface area contributed by atoms with Crippen molar-refractivity contribution in [2.75, 3.05) is 12.3 Å². The van der Waals surface area contributed by atoms with Crippen LogP contribution in [0.4, 0.5) is 5.82 Å². The summed E-state index contributed by atoms with van der Waals surface area (Å²) in [7, 11) is 0. The number of hydrogen-bond donors (Lipinski definition) is 1. The Morgan fingerprint density at radius 3 is 2.95 bits per heavy atom. The highest BCUT2D eigenvalue weighted by Crippen LogP contribution is 2.29. The van der Waals surface area contributed by atoms with Gasteiger partial charge >= 0.3 is 0 Å². The van der Waals surface area contributed by atoms with Crippen molar-refractivity contribution in [3.63, 3.8) is 0 Å². The summed E-state index contributed by atoms with van der Waals surface area (Å²) >= 11 is 0. The van der Waals surface area contributed by atoms with Crippen molar-refractivity contribution in [2.24, 2.45) is 0 Å². The first kappa shape index (κ1) is 14.6. The molecule has 0 bridgehead atoms. The van der Waals surface area contributed by atoms with Crippen LogP contribution in [0, 0.1) is 6.92 Å². The minimum Gasteiger partial charge on any atom is -0.384 e. The van der Waals surface area contributed by atoms with Crippen LogP contribution in [0.3, 0.4) is 0 Å². The van der Waals surface area contributed by atoms with E-state index in [0.717, 1.165) is 37.2 Å². The third-order valence-electron chi connectivity index (χ3n) is 4.07. The molecule has 1 fully saturated rings. The Kier molecular flexibility index (Phi) is 4.09. The van der Waals surface area contributed by atoms with Crippen molar-refractivity contribution in [3.05, 3.63) is 41.9 Å². The molecule has 0 aliphatic carbocycles. The van der Waals surface area contributed by atoms with Crippen LogP contribution in [0.1, 0.15) is 36.7 Å². The summed E-state index contributed by atoms with van der Waals surface area (Å²) < 4.78 is 1.57. The fraction of sp³-hybridized carbons (Fsp3) is 0.438. The van der Waals surface area contributed by atoms with Gasteiger partial charge in [0.1, 0.15) is 12.4 Å². The zero-order chi connectivity index (χ0) is 15.5. The van der Waals surface area contributed by atoms with Crippen molar-refractivity contribution < 1.29 is 4.79 Å². The summed E-state index contributed by atoms with van der Waals surface area (Å²) in [6, 6.07) is 7.68. The number of anilines is 1. The van der Waals surface area contributed by atoms with Gasteiger partial charge in [0.25, 0.3) is 0 Å². The van der Waals surface area contributed by atoms with E-state index in [4.69, 9.17) is 5.73 Å². The average molecular weight is 299 g/mol. The lowest BCUT2D eigenvalue weighted by atomic mass is 9.98. The highest BCUT2D eigenvalue weighted by Gasteiger charge is 2.29. The van der Waals surface area contributed by atoms with Gasteiger partial charge in [-0.2, -0.15) is 5.10 Å². The first-order chi connectivity index (χ1) is 10.6. The monoisotopic (exact) mass is 299 g/mol. The molecule has 0 radical (unpaired) electrons. The summed E-state index contributed by atoms with van der Waals surface area (Å²) in [4.78, 5) is 19.0. The van der Waals surface area contributed by atoms with E-state index < -0.39 is 0 Å². The number of amides is 1. The highest BCUT2D eigenvalue weighted by atomic mass is 16.2. The molecule has 1 aliphatic heterocycles. The van der Waals surface area contributed by atoms with Crippen LogP contribution in [0.5, 0.6) is 0 Å². The Labute approximate surface area is 129 Å². The summed E-state index contributed by atoms with van der Waals surface area (Å²) in [5.41, 5.74) is 7.67. The number of nitrogen functional groups attached to an aromatic ring is 1. The number of nitrogens with zero attached hydrogens (tertiary/aromatic N) is 4. The van der Waals surface area contributed by atoms with Gasteiger partial charge in [-0.25, -0.2) is 4.68 Å². The fourth-order valence-corrected chi connectivity index (χ4v) is 3.02. The second-order valence-corrected chi connectivity index (χ2v) is 5.72. The van der Waals surface area contributed by atoms with E-state index in [-0.39, 0.29) is 18.5 Å². The smallest absolute Gasteiger partial charge is 0.244 e. The number of aryl methyl sites for hydroxylation is 1. The molecule has 116 valence electrons. The Morgan fingerprint density at radius 2 is 2.27 bits per heavy atom. The lowest BCUT2D eigenvalue weighted by Gasteiger charge is -2.35. The van der Waals surface area contributed by atoms with Crippen LogP contribution >= 0.6 is 0 Å². The number of aromatic nitrogens is 3. The van der Waals surface area contributed by atoms with Crippen molar-refractivity contribution >= 4 is 11.7 Å². The minimum atomic E-state index is 0.0464. The number of carbonyl (C=O) groups is 1. The van der Waals surface area contributed by atoms with E-state index in [1.54, 1.807) is 16.9 Å². The van der Waals surface area contributed by atoms with Gasteiger partial charge in [0, 0.05) is 18.8 Å². The number of carbonyl (C=O) groups excluding carboxylic acids is 1. The molecule has 0 unspecified atom stereocenters. The fourth-order valence-electron chi connectivity index (χ4n) is 3.02. The zero-order valence-electron chi connectivity index (χ0n) is 12.8. The number of piperidine rings is 1. The molecule has 1 aliphatic rings. The molecule has 22 heavy (non-hydrogen) atoms. The second kappa shape index (κ2) is 6.17. The van der Waals surface area contributed by atoms with Gasteiger partial charge in [-0.3, -0.25) is 9.78 Å². The summed E-state index contributed by atoms with van der Waals surface area (Å²) in [5, 5.41) is 4.27. The summed E-state index contributed by atoms with van der Waals surface area (Å²) in [6.07, 6.45) is 4.88. The molecule has 6 nitrogen and oxygen atoms in total. The standard InChI is InChI=1S/C16H21N5O/c1-12-10-15(17)21(19-12)11-16(22)20-9-5-3-7-14(20)13-6-2-4-8-18-13/h2,4,6,8,10,14H,3,5,7,9,11,17H2,1H3/t14-/m1/s1. The molecule has 3 heterocycles. The Bertz CT molecular complexity index is 652. The SMILES string of the molecule is Cc1cc(N)n(CC(=O)N2CCCC[C@@H]2c2ccccn2)n1. The predicted octanol–water partition coefficient (Wildman–Crippen LogP) is 1.92. The molecule has 1 saturated heterocycles. The van der Waals surface area contributed by atoms with Gasteiger partial charge in [0.2, 0.25) is 5.91 Å². The van der Waals surface area contributed by atoms with Gasteiger partial charge in [-0.05, 0) is 38.3 Å². The van der Waals surface area contributed by atoms with Crippen molar-refractivity contribution in [1.82, 2.24) is 19.7 Å². The number of hydrogen-bond acceptors (Lipinski definition) is 4. The molecule has 1 atom stereocenters. The molecule has 2 aromatic heterocycles. The van der Waals surface area contributed by atoms with Crippen LogP contribution in [-0.2, 0) is 11.3 Å². The number of rotatable bonds is 3. The van der Waals surface area contributed by atoms with Crippen molar-refractivity contribution in [3.8, 4) is 0 Å². The molecule has 1 amide bonds. The molecule has 2 N–H and O–H groups in total. The van der Waals surface area contributed by atoms with Gasteiger partial charge in [-0.15, -0.1) is 0 Å². The van der Waals surface area contributed by atoms with Crippen LogP contribution in [0.15, 0.2) is 30.5 Å². The summed E-state index contributed by atoms with van der Waals surface area (Å²) in [6.45, 7) is 2.82. The molecule has 6 heteroatoms. The topological polar surface area (TPSA) is 77.0 Å². The van der Waals surface area contributed by atoms with E-state index in [1.165, 1.54) is 0 Å². The molecular weight excluding hydrogens is 278 g/mol. The Morgan fingerprint density at radius 1 is 1.41 bits per heavy atom. The maximum absolute atomic E-state index is 12.7. The van der Waals surface area contributed by atoms with Crippen LogP contribution in [-0.4, -0.2) is 32.1 Å². The largest absolute Gasteiger partial charge is 0.384 e. The minimum absolute atomic E-state index is 0.0464. The molecule has 0 aromatic carbocycles. The Balaban J connectivity index is 1.78. The molecule has 0 saturated carbocycles. The maximum atomic E-state index is 12.7. The molecule has 3 rings (SSSR count). The zero-order valence-corrected chi connectivity index (χ0v) is 12.8. The maximum Gasteiger partial charge on any atom is 0.244 e. The molecule has 0 spiro atoms. The first-order valence-corrected chi connectivity index (χ1v) is 7.65. The number of pyridine rings is 1.